The molecular weight excluding hydrogens is 268 g/mol. The molecule has 0 fully saturated rings. The van der Waals surface area contributed by atoms with Gasteiger partial charge in [-0.3, -0.25) is 4.79 Å². The average Bonchev–Trinajstić information content (AvgIpc) is 3.00. The third-order valence-electron chi connectivity index (χ3n) is 3.40. The maximum absolute atomic E-state index is 12.1. The Morgan fingerprint density at radius 2 is 1.86 bits per heavy atom. The van der Waals surface area contributed by atoms with E-state index in [1.54, 1.807) is 18.2 Å². The van der Waals surface area contributed by atoms with Crippen molar-refractivity contribution in [1.82, 2.24) is 0 Å². The molecule has 1 heterocycles. The molecule has 0 unspecified atom stereocenters. The Morgan fingerprint density at radius 3 is 2.62 bits per heavy atom. The highest BCUT2D eigenvalue weighted by Gasteiger charge is 2.16. The minimum absolute atomic E-state index is 0.00507. The van der Waals surface area contributed by atoms with Crippen LogP contribution in [0, 0.1) is 0 Å². The van der Waals surface area contributed by atoms with Crippen molar-refractivity contribution in [3.05, 3.63) is 53.6 Å². The summed E-state index contributed by atoms with van der Waals surface area (Å²) >= 11 is 0. The molecule has 0 amide bonds. The summed E-state index contributed by atoms with van der Waals surface area (Å²) in [4.78, 5) is 12.1. The van der Waals surface area contributed by atoms with Crippen LogP contribution in [0.4, 0.5) is 0 Å². The van der Waals surface area contributed by atoms with Gasteiger partial charge in [0.05, 0.1) is 0 Å². The first-order chi connectivity index (χ1) is 10.3. The molecule has 3 rings (SSSR count). The third-order valence-corrected chi connectivity index (χ3v) is 3.40. The molecule has 1 aliphatic rings. The highest BCUT2D eigenvalue weighted by molar-refractivity contribution is 5.97. The molecule has 21 heavy (non-hydrogen) atoms. The molecule has 2 aromatic rings. The number of hydrogen-bond donors (Lipinski definition) is 0. The number of Topliss-reactive ketones (excluding diaryl/α,β-unsaturated/α-hetero) is 1. The Labute approximate surface area is 123 Å². The number of carbonyl (C=O) groups is 1. The summed E-state index contributed by atoms with van der Waals surface area (Å²) < 4.78 is 16.0. The molecule has 4 nitrogen and oxygen atoms in total. The van der Waals surface area contributed by atoms with E-state index in [1.165, 1.54) is 5.56 Å². The van der Waals surface area contributed by atoms with E-state index < -0.39 is 0 Å². The van der Waals surface area contributed by atoms with Gasteiger partial charge in [0.2, 0.25) is 6.79 Å². The van der Waals surface area contributed by atoms with Gasteiger partial charge in [-0.1, -0.05) is 19.1 Å². The molecule has 0 aliphatic carbocycles. The highest BCUT2D eigenvalue weighted by atomic mass is 16.7. The van der Waals surface area contributed by atoms with Crippen LogP contribution < -0.4 is 14.2 Å². The van der Waals surface area contributed by atoms with Crippen molar-refractivity contribution >= 4 is 5.78 Å². The second kappa shape index (κ2) is 5.87. The second-order valence-corrected chi connectivity index (χ2v) is 4.78. The van der Waals surface area contributed by atoms with E-state index in [0.29, 0.717) is 22.8 Å². The van der Waals surface area contributed by atoms with E-state index in [4.69, 9.17) is 14.2 Å². The smallest absolute Gasteiger partial charge is 0.231 e. The van der Waals surface area contributed by atoms with Crippen LogP contribution >= 0.6 is 0 Å². The Morgan fingerprint density at radius 1 is 1.10 bits per heavy atom. The minimum atomic E-state index is -0.0899. The average molecular weight is 284 g/mol. The fourth-order valence-electron chi connectivity index (χ4n) is 2.12. The van der Waals surface area contributed by atoms with Crippen LogP contribution in [0.5, 0.6) is 17.2 Å². The molecule has 0 radical (unpaired) electrons. The van der Waals surface area contributed by atoms with Crippen molar-refractivity contribution in [1.29, 1.82) is 0 Å². The van der Waals surface area contributed by atoms with Crippen LogP contribution in [-0.4, -0.2) is 19.2 Å². The van der Waals surface area contributed by atoms with Gasteiger partial charge in [0.1, 0.15) is 5.75 Å². The predicted octanol–water partition coefficient (Wildman–Crippen LogP) is 3.24. The molecule has 0 saturated heterocycles. The van der Waals surface area contributed by atoms with Crippen molar-refractivity contribution in [2.45, 2.75) is 13.3 Å². The summed E-state index contributed by atoms with van der Waals surface area (Å²) in [7, 11) is 0. The maximum Gasteiger partial charge on any atom is 0.231 e. The van der Waals surface area contributed by atoms with Crippen LogP contribution in [-0.2, 0) is 6.42 Å². The minimum Gasteiger partial charge on any atom is -0.485 e. The number of rotatable bonds is 5. The van der Waals surface area contributed by atoms with Gasteiger partial charge in [0.15, 0.2) is 23.9 Å². The Bertz CT molecular complexity index is 646. The van der Waals surface area contributed by atoms with Gasteiger partial charge in [-0.15, -0.1) is 0 Å². The molecule has 0 atom stereocenters. The first-order valence-corrected chi connectivity index (χ1v) is 6.91. The van der Waals surface area contributed by atoms with Gasteiger partial charge in [0, 0.05) is 5.56 Å². The lowest BCUT2D eigenvalue weighted by molar-refractivity contribution is 0.0921. The monoisotopic (exact) mass is 284 g/mol. The number of carbonyl (C=O) groups excluding carboxylic acids is 1. The third kappa shape index (κ3) is 2.99. The van der Waals surface area contributed by atoms with Crippen LogP contribution in [0.25, 0.3) is 0 Å². The molecular formula is C17H16O4. The van der Waals surface area contributed by atoms with Crippen LogP contribution in [0.3, 0.4) is 0 Å². The summed E-state index contributed by atoms with van der Waals surface area (Å²) in [6.07, 6.45) is 0.983. The standard InChI is InChI=1S/C17H16O4/c1-2-12-3-6-14(7-4-12)19-10-15(18)13-5-8-16-17(9-13)21-11-20-16/h3-9H,2,10-11H2,1H3. The normalized spacial score (nSPS) is 12.2. The van der Waals surface area contributed by atoms with Gasteiger partial charge < -0.3 is 14.2 Å². The fraction of sp³-hybridized carbons (Fsp3) is 0.235. The lowest BCUT2D eigenvalue weighted by Gasteiger charge is -2.07. The molecule has 0 bridgehead atoms. The number of fused-ring (bicyclic) bond motifs is 1. The highest BCUT2D eigenvalue weighted by Crippen LogP contribution is 2.32. The van der Waals surface area contributed by atoms with E-state index in [1.807, 2.05) is 24.3 Å². The lowest BCUT2D eigenvalue weighted by Crippen LogP contribution is -2.11. The van der Waals surface area contributed by atoms with Crippen molar-refractivity contribution in [2.75, 3.05) is 13.4 Å². The van der Waals surface area contributed by atoms with Crippen molar-refractivity contribution in [2.24, 2.45) is 0 Å². The first-order valence-electron chi connectivity index (χ1n) is 6.91. The number of aryl methyl sites for hydroxylation is 1. The Kier molecular flexibility index (Phi) is 3.77. The topological polar surface area (TPSA) is 44.8 Å². The Hall–Kier alpha value is -2.49. The zero-order chi connectivity index (χ0) is 14.7. The van der Waals surface area contributed by atoms with E-state index in [-0.39, 0.29) is 19.2 Å². The zero-order valence-corrected chi connectivity index (χ0v) is 11.8. The SMILES string of the molecule is CCc1ccc(OCC(=O)c2ccc3c(c2)OCO3)cc1. The fourth-order valence-corrected chi connectivity index (χ4v) is 2.12. The lowest BCUT2D eigenvalue weighted by atomic mass is 10.1. The van der Waals surface area contributed by atoms with E-state index >= 15 is 0 Å². The number of benzene rings is 2. The van der Waals surface area contributed by atoms with Crippen LogP contribution in [0.1, 0.15) is 22.8 Å². The maximum atomic E-state index is 12.1. The van der Waals surface area contributed by atoms with E-state index in [9.17, 15) is 4.79 Å². The molecule has 0 aromatic heterocycles. The van der Waals surface area contributed by atoms with Crippen LogP contribution in [0.2, 0.25) is 0 Å². The second-order valence-electron chi connectivity index (χ2n) is 4.78. The van der Waals surface area contributed by atoms with Gasteiger partial charge in [-0.05, 0) is 42.3 Å². The summed E-state index contributed by atoms with van der Waals surface area (Å²) in [5.41, 5.74) is 1.80. The molecule has 2 aromatic carbocycles. The van der Waals surface area contributed by atoms with Gasteiger partial charge >= 0.3 is 0 Å². The largest absolute Gasteiger partial charge is 0.485 e. The molecule has 0 spiro atoms. The van der Waals surface area contributed by atoms with E-state index in [0.717, 1.165) is 6.42 Å². The predicted molar refractivity (Wildman–Crippen MR) is 78.2 cm³/mol. The molecule has 0 N–H and O–H groups in total. The Balaban J connectivity index is 1.63. The summed E-state index contributed by atoms with van der Waals surface area (Å²) in [5, 5.41) is 0. The van der Waals surface area contributed by atoms with E-state index in [2.05, 4.69) is 6.92 Å². The summed E-state index contributed by atoms with van der Waals surface area (Å²) in [6.45, 7) is 2.30. The van der Waals surface area contributed by atoms with Gasteiger partial charge in [-0.2, -0.15) is 0 Å². The molecule has 108 valence electrons. The number of ether oxygens (including phenoxy) is 3. The number of hydrogen-bond acceptors (Lipinski definition) is 4. The van der Waals surface area contributed by atoms with Gasteiger partial charge in [-0.25, -0.2) is 0 Å². The molecule has 1 aliphatic heterocycles. The molecule has 4 heteroatoms. The van der Waals surface area contributed by atoms with Gasteiger partial charge in [0.25, 0.3) is 0 Å². The van der Waals surface area contributed by atoms with Crippen LogP contribution in [0.15, 0.2) is 42.5 Å². The van der Waals surface area contributed by atoms with Crippen molar-refractivity contribution in [3.8, 4) is 17.2 Å². The quantitative estimate of drug-likeness (QED) is 0.791. The first kappa shape index (κ1) is 13.5. The van der Waals surface area contributed by atoms with Crippen molar-refractivity contribution < 1.29 is 19.0 Å². The number of ketones is 1. The van der Waals surface area contributed by atoms with Crippen molar-refractivity contribution in [3.63, 3.8) is 0 Å². The summed E-state index contributed by atoms with van der Waals surface area (Å²) in [5.74, 6) is 1.88. The zero-order valence-electron chi connectivity index (χ0n) is 11.8. The summed E-state index contributed by atoms with van der Waals surface area (Å²) in [6, 6.07) is 12.9. The molecule has 0 saturated carbocycles.